The normalized spacial score (nSPS) is 9.84. The van der Waals surface area contributed by atoms with Crippen LogP contribution in [0.25, 0.3) is 0 Å². The van der Waals surface area contributed by atoms with Crippen LogP contribution in [0.4, 0.5) is 14.5 Å². The van der Waals surface area contributed by atoms with Gasteiger partial charge in [0.25, 0.3) is 0 Å². The number of carbonyl (C=O) groups excluding carboxylic acids is 1. The molecule has 6 heteroatoms. The van der Waals surface area contributed by atoms with Gasteiger partial charge in [-0.15, -0.1) is 0 Å². The monoisotopic (exact) mass is 267 g/mol. The minimum absolute atomic E-state index is 0.0121. The Balaban J connectivity index is 3.13. The molecule has 0 aromatic heterocycles. The molecule has 0 spiro atoms. The molecule has 0 saturated carbocycles. The topological polar surface area (TPSA) is 56.1 Å². The molecule has 0 atom stereocenters. The maximum Gasteiger partial charge on any atom is 0.239 e. The van der Waals surface area contributed by atoms with E-state index >= 15 is 0 Å². The van der Waals surface area contributed by atoms with Crippen molar-refractivity contribution in [2.24, 2.45) is 0 Å². The van der Waals surface area contributed by atoms with Crippen LogP contribution in [-0.4, -0.2) is 26.0 Å². The van der Waals surface area contributed by atoms with E-state index in [1.54, 1.807) is 6.07 Å². The van der Waals surface area contributed by atoms with Crippen molar-refractivity contribution in [3.05, 3.63) is 29.3 Å². The first-order valence-corrected chi connectivity index (χ1v) is 5.88. The Morgan fingerprint density at radius 3 is 2.63 bits per heavy atom. The van der Waals surface area contributed by atoms with Gasteiger partial charge in [-0.2, -0.15) is 5.26 Å². The molecule has 0 bridgehead atoms. The van der Waals surface area contributed by atoms with Crippen molar-refractivity contribution in [3.63, 3.8) is 0 Å². The number of nitrogens with zero attached hydrogens (tertiary/aromatic N) is 2. The van der Waals surface area contributed by atoms with Crippen LogP contribution in [0.2, 0.25) is 0 Å². The summed E-state index contributed by atoms with van der Waals surface area (Å²) in [7, 11) is 1.47. The van der Waals surface area contributed by atoms with Crippen molar-refractivity contribution in [1.29, 1.82) is 5.26 Å². The maximum atomic E-state index is 13.9. The molecule has 0 radical (unpaired) electrons. The number of nitrogens with one attached hydrogen (secondary N) is 1. The number of benzene rings is 1. The summed E-state index contributed by atoms with van der Waals surface area (Å²) in [5.41, 5.74) is -0.361. The van der Waals surface area contributed by atoms with Gasteiger partial charge in [-0.3, -0.25) is 4.79 Å². The van der Waals surface area contributed by atoms with Crippen LogP contribution >= 0.6 is 0 Å². The fourth-order valence-electron chi connectivity index (χ4n) is 1.68. The number of halogens is 2. The van der Waals surface area contributed by atoms with Gasteiger partial charge in [-0.1, -0.05) is 6.92 Å². The van der Waals surface area contributed by atoms with Gasteiger partial charge >= 0.3 is 0 Å². The molecule has 0 saturated heterocycles. The van der Waals surface area contributed by atoms with Crippen LogP contribution in [0, 0.1) is 23.0 Å². The molecule has 1 rings (SSSR count). The number of hydrogen-bond acceptors (Lipinski definition) is 3. The highest BCUT2D eigenvalue weighted by Crippen LogP contribution is 2.24. The van der Waals surface area contributed by atoms with Crippen molar-refractivity contribution < 1.29 is 13.6 Å². The second-order valence-corrected chi connectivity index (χ2v) is 3.97. The van der Waals surface area contributed by atoms with Crippen LogP contribution in [0.15, 0.2) is 12.1 Å². The highest BCUT2D eigenvalue weighted by atomic mass is 19.2. The van der Waals surface area contributed by atoms with E-state index in [-0.39, 0.29) is 23.7 Å². The van der Waals surface area contributed by atoms with Crippen LogP contribution in [0.3, 0.4) is 0 Å². The summed E-state index contributed by atoms with van der Waals surface area (Å²) in [5.74, 6) is -2.58. The average molecular weight is 267 g/mol. The predicted molar refractivity (Wildman–Crippen MR) is 67.6 cm³/mol. The highest BCUT2D eigenvalue weighted by molar-refractivity contribution is 5.81. The molecule has 4 nitrogen and oxygen atoms in total. The number of anilines is 1. The second kappa shape index (κ2) is 6.69. The van der Waals surface area contributed by atoms with Crippen molar-refractivity contribution >= 4 is 11.6 Å². The highest BCUT2D eigenvalue weighted by Gasteiger charge is 2.19. The van der Waals surface area contributed by atoms with Gasteiger partial charge in [0.05, 0.1) is 17.8 Å². The fraction of sp³-hybridized carbons (Fsp3) is 0.385. The van der Waals surface area contributed by atoms with E-state index in [1.807, 2.05) is 6.92 Å². The summed E-state index contributed by atoms with van der Waals surface area (Å²) in [6, 6.07) is 4.10. The molecule has 0 fully saturated rings. The Bertz CT molecular complexity index is 511. The Hall–Kier alpha value is -2.16. The number of rotatable bonds is 5. The molecule has 0 unspecified atom stereocenters. The number of nitriles is 1. The van der Waals surface area contributed by atoms with E-state index < -0.39 is 11.6 Å². The summed E-state index contributed by atoms with van der Waals surface area (Å²) in [6.07, 6.45) is 0.679. The Kier molecular flexibility index (Phi) is 5.24. The van der Waals surface area contributed by atoms with E-state index in [9.17, 15) is 13.6 Å². The molecular weight excluding hydrogens is 252 g/mol. The van der Waals surface area contributed by atoms with Gasteiger partial charge in [-0.05, 0) is 18.6 Å². The Morgan fingerprint density at radius 1 is 1.42 bits per heavy atom. The van der Waals surface area contributed by atoms with Gasteiger partial charge in [0.1, 0.15) is 6.07 Å². The molecule has 0 heterocycles. The molecule has 1 aromatic rings. The van der Waals surface area contributed by atoms with E-state index in [2.05, 4.69) is 5.32 Å². The lowest BCUT2D eigenvalue weighted by molar-refractivity contribution is -0.119. The molecule has 0 aliphatic rings. The van der Waals surface area contributed by atoms with Gasteiger partial charge in [0.15, 0.2) is 11.6 Å². The lowest BCUT2D eigenvalue weighted by Gasteiger charge is -2.24. The number of amides is 1. The first-order chi connectivity index (χ1) is 9.04. The Morgan fingerprint density at radius 2 is 2.11 bits per heavy atom. The van der Waals surface area contributed by atoms with Crippen LogP contribution < -0.4 is 10.2 Å². The third kappa shape index (κ3) is 3.41. The zero-order valence-electron chi connectivity index (χ0n) is 10.8. The predicted octanol–water partition coefficient (Wildman–Crippen LogP) is 1.80. The molecule has 1 N–H and O–H groups in total. The molecular formula is C13H15F2N3O. The van der Waals surface area contributed by atoms with E-state index in [4.69, 9.17) is 5.26 Å². The molecule has 1 amide bonds. The summed E-state index contributed by atoms with van der Waals surface area (Å²) in [6.45, 7) is 2.22. The summed E-state index contributed by atoms with van der Waals surface area (Å²) in [5, 5.41) is 11.1. The first-order valence-electron chi connectivity index (χ1n) is 5.88. The third-order valence-electron chi connectivity index (χ3n) is 2.63. The standard InChI is InChI=1S/C13H15F2N3O/c1-3-6-18(8-11(19)17-2)10-5-4-9(7-16)12(14)13(10)15/h4-5H,3,6,8H2,1-2H3,(H,17,19). The smallest absolute Gasteiger partial charge is 0.239 e. The van der Waals surface area contributed by atoms with E-state index in [0.29, 0.717) is 13.0 Å². The summed E-state index contributed by atoms with van der Waals surface area (Å²) < 4.78 is 27.4. The minimum Gasteiger partial charge on any atom is -0.360 e. The molecule has 1 aromatic carbocycles. The Labute approximate surface area is 110 Å². The SMILES string of the molecule is CCCN(CC(=O)NC)c1ccc(C#N)c(F)c1F. The van der Waals surface area contributed by atoms with Crippen molar-refractivity contribution in [3.8, 4) is 6.07 Å². The van der Waals surface area contributed by atoms with Gasteiger partial charge in [0.2, 0.25) is 5.91 Å². The van der Waals surface area contributed by atoms with Crippen molar-refractivity contribution in [1.82, 2.24) is 5.32 Å². The maximum absolute atomic E-state index is 13.9. The molecule has 0 aliphatic heterocycles. The minimum atomic E-state index is -1.18. The van der Waals surface area contributed by atoms with Crippen molar-refractivity contribution in [2.45, 2.75) is 13.3 Å². The fourth-order valence-corrected chi connectivity index (χ4v) is 1.68. The van der Waals surface area contributed by atoms with Crippen LogP contribution in [0.1, 0.15) is 18.9 Å². The first kappa shape index (κ1) is 14.9. The van der Waals surface area contributed by atoms with Gasteiger partial charge in [0, 0.05) is 13.6 Å². The quantitative estimate of drug-likeness (QED) is 0.885. The van der Waals surface area contributed by atoms with Gasteiger partial charge < -0.3 is 10.2 Å². The number of likely N-dealkylation sites (N-methyl/N-ethyl adjacent to an activating group) is 1. The summed E-state index contributed by atoms with van der Waals surface area (Å²) in [4.78, 5) is 12.8. The zero-order valence-corrected chi connectivity index (χ0v) is 10.8. The summed E-state index contributed by atoms with van der Waals surface area (Å²) >= 11 is 0. The second-order valence-electron chi connectivity index (χ2n) is 3.97. The van der Waals surface area contributed by atoms with Crippen molar-refractivity contribution in [2.75, 3.05) is 25.0 Å². The lowest BCUT2D eigenvalue weighted by atomic mass is 10.1. The van der Waals surface area contributed by atoms with E-state index in [1.165, 1.54) is 24.1 Å². The third-order valence-corrected chi connectivity index (χ3v) is 2.63. The number of carbonyl (C=O) groups is 1. The van der Waals surface area contributed by atoms with Crippen LogP contribution in [-0.2, 0) is 4.79 Å². The number of hydrogen-bond donors (Lipinski definition) is 1. The molecule has 19 heavy (non-hydrogen) atoms. The molecule has 102 valence electrons. The van der Waals surface area contributed by atoms with Gasteiger partial charge in [-0.25, -0.2) is 8.78 Å². The van der Waals surface area contributed by atoms with E-state index in [0.717, 1.165) is 0 Å². The van der Waals surface area contributed by atoms with Crippen LogP contribution in [0.5, 0.6) is 0 Å². The molecule has 0 aliphatic carbocycles. The average Bonchev–Trinajstić information content (AvgIpc) is 2.41. The largest absolute Gasteiger partial charge is 0.360 e. The zero-order chi connectivity index (χ0) is 14.4. The lowest BCUT2D eigenvalue weighted by Crippen LogP contribution is -2.36.